The number of benzene rings is 1. The molecule has 0 atom stereocenters. The summed E-state index contributed by atoms with van der Waals surface area (Å²) in [7, 11) is -0.340. The third-order valence-electron chi connectivity index (χ3n) is 4.43. The predicted molar refractivity (Wildman–Crippen MR) is 94.5 cm³/mol. The molecular weight excluding hydrogens is 289 g/mol. The third-order valence-corrected chi connectivity index (χ3v) is 4.43. The SMILES string of the molecule is CC(=O)NCCC=Cc1cccc(B2OC(C)(C)C(C)(C)O2)c1. The largest absolute Gasteiger partial charge is 0.494 e. The highest BCUT2D eigenvalue weighted by atomic mass is 16.7. The Hall–Kier alpha value is -1.59. The molecule has 1 aliphatic heterocycles. The number of carbonyl (C=O) groups is 1. The molecule has 0 saturated carbocycles. The Balaban J connectivity index is 2.01. The van der Waals surface area contributed by atoms with E-state index in [1.807, 2.05) is 18.2 Å². The van der Waals surface area contributed by atoms with Crippen LogP contribution in [0.5, 0.6) is 0 Å². The van der Waals surface area contributed by atoms with Gasteiger partial charge in [-0.1, -0.05) is 36.4 Å². The summed E-state index contributed by atoms with van der Waals surface area (Å²) in [5.41, 5.74) is 1.46. The molecule has 1 saturated heterocycles. The second kappa shape index (κ2) is 6.89. The van der Waals surface area contributed by atoms with Crippen molar-refractivity contribution < 1.29 is 14.1 Å². The fourth-order valence-corrected chi connectivity index (χ4v) is 2.34. The summed E-state index contributed by atoms with van der Waals surface area (Å²) < 4.78 is 12.2. The maximum atomic E-state index is 10.8. The van der Waals surface area contributed by atoms with Crippen LogP contribution in [0.3, 0.4) is 0 Å². The van der Waals surface area contributed by atoms with Crippen LogP contribution in [-0.4, -0.2) is 30.8 Å². The van der Waals surface area contributed by atoms with Crippen molar-refractivity contribution in [2.24, 2.45) is 0 Å². The van der Waals surface area contributed by atoms with Gasteiger partial charge in [0, 0.05) is 13.5 Å². The highest BCUT2D eigenvalue weighted by Crippen LogP contribution is 2.36. The van der Waals surface area contributed by atoms with Gasteiger partial charge in [0.15, 0.2) is 0 Å². The van der Waals surface area contributed by atoms with Crippen LogP contribution in [0.25, 0.3) is 6.08 Å². The van der Waals surface area contributed by atoms with E-state index >= 15 is 0 Å². The molecule has 4 nitrogen and oxygen atoms in total. The summed E-state index contributed by atoms with van der Waals surface area (Å²) in [6.45, 7) is 10.4. The first-order valence-corrected chi connectivity index (χ1v) is 8.08. The van der Waals surface area contributed by atoms with Crippen LogP contribution >= 0.6 is 0 Å². The third kappa shape index (κ3) is 4.46. The van der Waals surface area contributed by atoms with Crippen LogP contribution in [0, 0.1) is 0 Å². The molecule has 1 aromatic rings. The molecule has 0 unspecified atom stereocenters. The minimum atomic E-state index is -0.340. The summed E-state index contributed by atoms with van der Waals surface area (Å²) >= 11 is 0. The topological polar surface area (TPSA) is 47.6 Å². The van der Waals surface area contributed by atoms with E-state index in [-0.39, 0.29) is 24.2 Å². The van der Waals surface area contributed by atoms with Crippen LogP contribution in [0.15, 0.2) is 30.3 Å². The smallest absolute Gasteiger partial charge is 0.399 e. The maximum absolute atomic E-state index is 10.8. The summed E-state index contributed by atoms with van der Waals surface area (Å²) in [4.78, 5) is 10.8. The van der Waals surface area contributed by atoms with Crippen LogP contribution in [0.2, 0.25) is 0 Å². The molecule has 1 aliphatic rings. The molecule has 1 heterocycles. The number of hydrogen-bond donors (Lipinski definition) is 1. The molecule has 0 spiro atoms. The molecule has 0 radical (unpaired) electrons. The van der Waals surface area contributed by atoms with Gasteiger partial charge >= 0.3 is 7.12 Å². The van der Waals surface area contributed by atoms with Crippen molar-refractivity contribution in [2.75, 3.05) is 6.54 Å². The highest BCUT2D eigenvalue weighted by molar-refractivity contribution is 6.62. The fourth-order valence-electron chi connectivity index (χ4n) is 2.34. The Bertz CT molecular complexity index is 580. The van der Waals surface area contributed by atoms with E-state index < -0.39 is 0 Å². The Morgan fingerprint density at radius 3 is 2.48 bits per heavy atom. The Morgan fingerprint density at radius 2 is 1.87 bits per heavy atom. The number of carbonyl (C=O) groups excluding carboxylic acids is 1. The quantitative estimate of drug-likeness (QED) is 0.671. The minimum Gasteiger partial charge on any atom is -0.399 e. The lowest BCUT2D eigenvalue weighted by Crippen LogP contribution is -2.41. The van der Waals surface area contributed by atoms with Gasteiger partial charge in [0.1, 0.15) is 0 Å². The van der Waals surface area contributed by atoms with Crippen molar-refractivity contribution in [3.05, 3.63) is 35.9 Å². The molecule has 0 aliphatic carbocycles. The minimum absolute atomic E-state index is 0.00107. The summed E-state index contributed by atoms with van der Waals surface area (Å²) in [5, 5.41) is 2.78. The van der Waals surface area contributed by atoms with E-state index in [0.717, 1.165) is 17.4 Å². The van der Waals surface area contributed by atoms with Crippen molar-refractivity contribution in [1.82, 2.24) is 5.32 Å². The normalized spacial score (nSPS) is 19.3. The molecule has 1 fully saturated rings. The summed E-state index contributed by atoms with van der Waals surface area (Å²) in [5.74, 6) is 0.00107. The van der Waals surface area contributed by atoms with Crippen LogP contribution in [0.1, 0.15) is 46.6 Å². The fraction of sp³-hybridized carbons (Fsp3) is 0.500. The zero-order valence-corrected chi connectivity index (χ0v) is 14.7. The second-order valence-electron chi connectivity index (χ2n) is 6.93. The zero-order chi connectivity index (χ0) is 17.1. The van der Waals surface area contributed by atoms with E-state index in [0.29, 0.717) is 6.54 Å². The van der Waals surface area contributed by atoms with E-state index in [9.17, 15) is 4.79 Å². The van der Waals surface area contributed by atoms with Crippen LogP contribution in [-0.2, 0) is 14.1 Å². The lowest BCUT2D eigenvalue weighted by Gasteiger charge is -2.32. The van der Waals surface area contributed by atoms with Gasteiger partial charge in [-0.25, -0.2) is 0 Å². The van der Waals surface area contributed by atoms with Gasteiger partial charge in [-0.3, -0.25) is 4.79 Å². The van der Waals surface area contributed by atoms with Crippen LogP contribution < -0.4 is 10.8 Å². The molecule has 1 N–H and O–H groups in total. The average molecular weight is 315 g/mol. The summed E-state index contributed by atoms with van der Waals surface area (Å²) in [6, 6.07) is 8.16. The van der Waals surface area contributed by atoms with Gasteiger partial charge in [-0.05, 0) is 45.1 Å². The van der Waals surface area contributed by atoms with Gasteiger partial charge in [0.05, 0.1) is 11.2 Å². The van der Waals surface area contributed by atoms with Crippen molar-refractivity contribution in [1.29, 1.82) is 0 Å². The number of amides is 1. The van der Waals surface area contributed by atoms with Gasteiger partial charge in [-0.15, -0.1) is 0 Å². The Kier molecular flexibility index (Phi) is 5.32. The molecule has 23 heavy (non-hydrogen) atoms. The molecule has 0 bridgehead atoms. The number of hydrogen-bond acceptors (Lipinski definition) is 3. The molecular formula is C18H26BNO3. The first kappa shape index (κ1) is 17.8. The number of nitrogens with one attached hydrogen (secondary N) is 1. The van der Waals surface area contributed by atoms with E-state index in [1.165, 1.54) is 6.92 Å². The Labute approximate surface area is 139 Å². The molecule has 124 valence electrons. The predicted octanol–water partition coefficient (Wildman–Crippen LogP) is 2.53. The van der Waals surface area contributed by atoms with Gasteiger partial charge in [0.25, 0.3) is 0 Å². The first-order chi connectivity index (χ1) is 10.7. The van der Waals surface area contributed by atoms with Gasteiger partial charge in [0.2, 0.25) is 5.91 Å². The lowest BCUT2D eigenvalue weighted by molar-refractivity contribution is -0.118. The van der Waals surface area contributed by atoms with E-state index in [2.05, 4.69) is 51.2 Å². The molecule has 0 aromatic heterocycles. The lowest BCUT2D eigenvalue weighted by atomic mass is 9.78. The van der Waals surface area contributed by atoms with Gasteiger partial charge < -0.3 is 14.6 Å². The second-order valence-corrected chi connectivity index (χ2v) is 6.93. The van der Waals surface area contributed by atoms with Crippen molar-refractivity contribution in [3.63, 3.8) is 0 Å². The van der Waals surface area contributed by atoms with E-state index in [4.69, 9.17) is 9.31 Å². The average Bonchev–Trinajstić information content (AvgIpc) is 2.67. The molecule has 5 heteroatoms. The highest BCUT2D eigenvalue weighted by Gasteiger charge is 2.51. The van der Waals surface area contributed by atoms with Crippen LogP contribution in [0.4, 0.5) is 0 Å². The molecule has 1 aromatic carbocycles. The summed E-state index contributed by atoms with van der Waals surface area (Å²) in [6.07, 6.45) is 4.91. The van der Waals surface area contributed by atoms with Gasteiger partial charge in [-0.2, -0.15) is 0 Å². The maximum Gasteiger partial charge on any atom is 0.494 e. The van der Waals surface area contributed by atoms with Crippen molar-refractivity contribution in [3.8, 4) is 0 Å². The standard InChI is InChI=1S/C18H26BNO3/c1-14(21)20-12-7-6-9-15-10-8-11-16(13-15)19-22-17(2,3)18(4,5)23-19/h6,8-11,13H,7,12H2,1-5H3,(H,20,21). The van der Waals surface area contributed by atoms with E-state index in [1.54, 1.807) is 0 Å². The van der Waals surface area contributed by atoms with Crippen molar-refractivity contribution >= 4 is 24.6 Å². The first-order valence-electron chi connectivity index (χ1n) is 8.08. The zero-order valence-electron chi connectivity index (χ0n) is 14.7. The van der Waals surface area contributed by atoms with Crippen molar-refractivity contribution in [2.45, 2.75) is 52.2 Å². The molecule has 1 amide bonds. The monoisotopic (exact) mass is 315 g/mol. The Morgan fingerprint density at radius 1 is 1.22 bits per heavy atom. The molecule has 2 rings (SSSR count). The number of rotatable bonds is 5.